The number of carbonyl (C=O) groups is 1. The second kappa shape index (κ2) is 6.24. The Balaban J connectivity index is 0.00000144. The summed E-state index contributed by atoms with van der Waals surface area (Å²) in [5.41, 5.74) is 0.709. The first-order valence-electron chi connectivity index (χ1n) is 5.43. The van der Waals surface area contributed by atoms with Crippen LogP contribution in [0, 0.1) is 0 Å². The van der Waals surface area contributed by atoms with Crippen LogP contribution in [0.25, 0.3) is 0 Å². The van der Waals surface area contributed by atoms with Crippen LogP contribution in [-0.2, 0) is 0 Å². The summed E-state index contributed by atoms with van der Waals surface area (Å²) >= 11 is 5.79. The fourth-order valence-corrected chi connectivity index (χ4v) is 2.08. The van der Waals surface area contributed by atoms with Gasteiger partial charge in [-0.3, -0.25) is 4.79 Å². The predicted octanol–water partition coefficient (Wildman–Crippen LogP) is 2.20. The second-order valence-corrected chi connectivity index (χ2v) is 4.47. The van der Waals surface area contributed by atoms with Gasteiger partial charge in [-0.15, -0.1) is 12.4 Å². The standard InChI is InChI=1S/C12H15ClN2O.ClH/c1-14-11-6-7-15(8-11)12(16)9-2-4-10(13)5-3-9;/h2-5,11,14H,6-8H2,1H3;1H/t11-;/m0./s1. The maximum Gasteiger partial charge on any atom is 0.253 e. The lowest BCUT2D eigenvalue weighted by atomic mass is 10.2. The van der Waals surface area contributed by atoms with Crippen LogP contribution in [0.3, 0.4) is 0 Å². The average molecular weight is 275 g/mol. The van der Waals surface area contributed by atoms with Gasteiger partial charge < -0.3 is 10.2 Å². The van der Waals surface area contributed by atoms with E-state index in [-0.39, 0.29) is 18.3 Å². The highest BCUT2D eigenvalue weighted by Gasteiger charge is 2.25. The first-order chi connectivity index (χ1) is 7.70. The molecule has 3 nitrogen and oxygen atoms in total. The highest BCUT2D eigenvalue weighted by Crippen LogP contribution is 2.15. The summed E-state index contributed by atoms with van der Waals surface area (Å²) in [5, 5.41) is 3.85. The lowest BCUT2D eigenvalue weighted by Crippen LogP contribution is -2.33. The number of likely N-dealkylation sites (tertiary alicyclic amines) is 1. The van der Waals surface area contributed by atoms with Gasteiger partial charge in [-0.1, -0.05) is 11.6 Å². The molecule has 0 unspecified atom stereocenters. The van der Waals surface area contributed by atoms with E-state index in [9.17, 15) is 4.79 Å². The molecule has 94 valence electrons. The molecular weight excluding hydrogens is 259 g/mol. The molecule has 1 atom stereocenters. The highest BCUT2D eigenvalue weighted by molar-refractivity contribution is 6.30. The van der Waals surface area contributed by atoms with Gasteiger partial charge in [0, 0.05) is 29.7 Å². The maximum atomic E-state index is 12.1. The lowest BCUT2D eigenvalue weighted by molar-refractivity contribution is 0.0789. The largest absolute Gasteiger partial charge is 0.337 e. The fraction of sp³-hybridized carbons (Fsp3) is 0.417. The van der Waals surface area contributed by atoms with Crippen LogP contribution in [0.5, 0.6) is 0 Å². The minimum Gasteiger partial charge on any atom is -0.337 e. The molecule has 1 amide bonds. The first-order valence-corrected chi connectivity index (χ1v) is 5.80. The summed E-state index contributed by atoms with van der Waals surface area (Å²) in [7, 11) is 1.93. The van der Waals surface area contributed by atoms with E-state index in [2.05, 4.69) is 5.32 Å². The Morgan fingerprint density at radius 3 is 2.59 bits per heavy atom. The third-order valence-electron chi connectivity index (χ3n) is 2.97. The molecule has 1 aromatic rings. The van der Waals surface area contributed by atoms with E-state index in [0.717, 1.165) is 19.5 Å². The zero-order valence-electron chi connectivity index (χ0n) is 9.65. The van der Waals surface area contributed by atoms with Crippen molar-refractivity contribution in [3.8, 4) is 0 Å². The van der Waals surface area contributed by atoms with Gasteiger partial charge in [0.2, 0.25) is 0 Å². The van der Waals surface area contributed by atoms with Crippen molar-refractivity contribution < 1.29 is 4.79 Å². The SMILES string of the molecule is CN[C@H]1CCN(C(=O)c2ccc(Cl)cc2)C1.Cl. The maximum absolute atomic E-state index is 12.1. The van der Waals surface area contributed by atoms with Crippen LogP contribution >= 0.6 is 24.0 Å². The molecule has 1 N–H and O–H groups in total. The van der Waals surface area contributed by atoms with Crippen molar-refractivity contribution in [3.05, 3.63) is 34.9 Å². The van der Waals surface area contributed by atoms with Crippen molar-refractivity contribution in [2.24, 2.45) is 0 Å². The number of hydrogen-bond acceptors (Lipinski definition) is 2. The van der Waals surface area contributed by atoms with Crippen molar-refractivity contribution in [1.29, 1.82) is 0 Å². The van der Waals surface area contributed by atoms with Crippen LogP contribution in [0.1, 0.15) is 16.8 Å². The summed E-state index contributed by atoms with van der Waals surface area (Å²) in [5.74, 6) is 0.0921. The van der Waals surface area contributed by atoms with Crippen molar-refractivity contribution in [2.75, 3.05) is 20.1 Å². The molecule has 2 rings (SSSR count). The molecule has 17 heavy (non-hydrogen) atoms. The van der Waals surface area contributed by atoms with Gasteiger partial charge in [-0.05, 0) is 37.7 Å². The van der Waals surface area contributed by atoms with E-state index in [1.54, 1.807) is 24.3 Å². The summed E-state index contributed by atoms with van der Waals surface area (Å²) < 4.78 is 0. The molecule has 1 aromatic carbocycles. The van der Waals surface area contributed by atoms with Gasteiger partial charge in [0.25, 0.3) is 5.91 Å². The van der Waals surface area contributed by atoms with Gasteiger partial charge in [0.15, 0.2) is 0 Å². The molecule has 0 spiro atoms. The highest BCUT2D eigenvalue weighted by atomic mass is 35.5. The third-order valence-corrected chi connectivity index (χ3v) is 3.23. The minimum atomic E-state index is 0. The fourth-order valence-electron chi connectivity index (χ4n) is 1.96. The molecule has 1 fully saturated rings. The zero-order chi connectivity index (χ0) is 11.5. The number of halogens is 2. The monoisotopic (exact) mass is 274 g/mol. The number of benzene rings is 1. The summed E-state index contributed by atoms with van der Waals surface area (Å²) in [4.78, 5) is 14.0. The topological polar surface area (TPSA) is 32.3 Å². The van der Waals surface area contributed by atoms with Gasteiger partial charge in [0.05, 0.1) is 0 Å². The third kappa shape index (κ3) is 3.35. The van der Waals surface area contributed by atoms with Gasteiger partial charge in [-0.25, -0.2) is 0 Å². The van der Waals surface area contributed by atoms with Gasteiger partial charge in [-0.2, -0.15) is 0 Å². The number of nitrogens with zero attached hydrogens (tertiary/aromatic N) is 1. The van der Waals surface area contributed by atoms with Crippen molar-refractivity contribution in [3.63, 3.8) is 0 Å². The van der Waals surface area contributed by atoms with Crippen molar-refractivity contribution in [2.45, 2.75) is 12.5 Å². The van der Waals surface area contributed by atoms with E-state index < -0.39 is 0 Å². The number of nitrogens with one attached hydrogen (secondary N) is 1. The second-order valence-electron chi connectivity index (χ2n) is 4.03. The number of rotatable bonds is 2. The van der Waals surface area contributed by atoms with Crippen LogP contribution in [-0.4, -0.2) is 37.0 Å². The lowest BCUT2D eigenvalue weighted by Gasteiger charge is -2.16. The average Bonchev–Trinajstić information content (AvgIpc) is 2.77. The molecule has 0 aliphatic carbocycles. The van der Waals surface area contributed by atoms with Gasteiger partial charge >= 0.3 is 0 Å². The molecule has 0 radical (unpaired) electrons. The number of amides is 1. The van der Waals surface area contributed by atoms with E-state index in [1.165, 1.54) is 0 Å². The molecule has 0 saturated carbocycles. The predicted molar refractivity (Wildman–Crippen MR) is 72.1 cm³/mol. The molecule has 1 heterocycles. The van der Waals surface area contributed by atoms with Crippen LogP contribution in [0.4, 0.5) is 0 Å². The molecule has 5 heteroatoms. The van der Waals surface area contributed by atoms with Crippen LogP contribution in [0.2, 0.25) is 5.02 Å². The Morgan fingerprint density at radius 2 is 2.06 bits per heavy atom. The van der Waals surface area contributed by atoms with Crippen LogP contribution in [0.15, 0.2) is 24.3 Å². The Hall–Kier alpha value is -0.770. The Bertz CT molecular complexity index is 381. The van der Waals surface area contributed by atoms with Gasteiger partial charge in [0.1, 0.15) is 0 Å². The molecule has 1 aliphatic rings. The summed E-state index contributed by atoms with van der Waals surface area (Å²) in [6.45, 7) is 1.62. The van der Waals surface area contributed by atoms with Crippen molar-refractivity contribution in [1.82, 2.24) is 10.2 Å². The normalized spacial score (nSPS) is 18.9. The number of carbonyl (C=O) groups excluding carboxylic acids is 1. The summed E-state index contributed by atoms with van der Waals surface area (Å²) in [6, 6.07) is 7.48. The minimum absolute atomic E-state index is 0. The van der Waals surface area contributed by atoms with E-state index in [4.69, 9.17) is 11.6 Å². The molecule has 0 aromatic heterocycles. The Kier molecular flexibility index (Phi) is 5.25. The zero-order valence-corrected chi connectivity index (χ0v) is 11.2. The smallest absolute Gasteiger partial charge is 0.253 e. The van der Waals surface area contributed by atoms with Crippen molar-refractivity contribution >= 4 is 29.9 Å². The Morgan fingerprint density at radius 1 is 1.41 bits per heavy atom. The first kappa shape index (κ1) is 14.3. The molecule has 1 aliphatic heterocycles. The summed E-state index contributed by atoms with van der Waals surface area (Å²) in [6.07, 6.45) is 1.02. The quantitative estimate of drug-likeness (QED) is 0.897. The molecule has 0 bridgehead atoms. The molecule has 1 saturated heterocycles. The van der Waals surface area contributed by atoms with Crippen LogP contribution < -0.4 is 5.32 Å². The van der Waals surface area contributed by atoms with E-state index in [0.29, 0.717) is 16.6 Å². The number of hydrogen-bond donors (Lipinski definition) is 1. The van der Waals surface area contributed by atoms with E-state index in [1.807, 2.05) is 11.9 Å². The number of likely N-dealkylation sites (N-methyl/N-ethyl adjacent to an activating group) is 1. The Labute approximate surface area is 113 Å². The van der Waals surface area contributed by atoms with E-state index >= 15 is 0 Å². The molecular formula is C12H16Cl2N2O.